The van der Waals surface area contributed by atoms with Crippen LogP contribution in [0, 0.1) is 23.7 Å². The SMILES string of the molecule is C=C(CC/C(O)=C(\N)C1CCCCCC1)CC1C(C)C=C(O)CC1C. The second kappa shape index (κ2) is 9.35. The van der Waals surface area contributed by atoms with Gasteiger partial charge in [0.25, 0.3) is 0 Å². The minimum atomic E-state index is 0.363. The van der Waals surface area contributed by atoms with Gasteiger partial charge in [-0.15, -0.1) is 0 Å². The molecule has 3 unspecified atom stereocenters. The summed E-state index contributed by atoms with van der Waals surface area (Å²) in [7, 11) is 0. The number of hydrogen-bond donors (Lipinski definition) is 3. The maximum Gasteiger partial charge on any atom is 0.111 e. The van der Waals surface area contributed by atoms with Crippen LogP contribution in [0.15, 0.2) is 35.4 Å². The van der Waals surface area contributed by atoms with E-state index in [4.69, 9.17) is 5.73 Å². The molecule has 25 heavy (non-hydrogen) atoms. The van der Waals surface area contributed by atoms with E-state index in [0.29, 0.717) is 41.6 Å². The first-order valence-electron chi connectivity index (χ1n) is 10.1. The quantitative estimate of drug-likeness (QED) is 0.307. The van der Waals surface area contributed by atoms with Crippen LogP contribution in [-0.4, -0.2) is 10.2 Å². The zero-order chi connectivity index (χ0) is 18.4. The van der Waals surface area contributed by atoms with Gasteiger partial charge >= 0.3 is 0 Å². The van der Waals surface area contributed by atoms with Crippen LogP contribution in [0.3, 0.4) is 0 Å². The predicted octanol–water partition coefficient (Wildman–Crippen LogP) is 6.15. The van der Waals surface area contributed by atoms with Crippen molar-refractivity contribution in [3.63, 3.8) is 0 Å². The maximum atomic E-state index is 10.4. The molecular formula is C22H37NO2. The first-order chi connectivity index (χ1) is 11.9. The number of aliphatic hydroxyl groups is 2. The minimum absolute atomic E-state index is 0.363. The van der Waals surface area contributed by atoms with Gasteiger partial charge in [0.05, 0.1) is 5.76 Å². The highest BCUT2D eigenvalue weighted by Crippen LogP contribution is 2.37. The molecule has 3 nitrogen and oxygen atoms in total. The number of rotatable bonds is 6. The monoisotopic (exact) mass is 347 g/mol. The molecule has 0 radical (unpaired) electrons. The molecule has 0 heterocycles. The molecule has 2 rings (SSSR count). The van der Waals surface area contributed by atoms with Gasteiger partial charge in [-0.1, -0.05) is 51.7 Å². The predicted molar refractivity (Wildman–Crippen MR) is 105 cm³/mol. The van der Waals surface area contributed by atoms with Crippen LogP contribution in [0.5, 0.6) is 0 Å². The third kappa shape index (κ3) is 5.83. The van der Waals surface area contributed by atoms with Gasteiger partial charge in [-0.3, -0.25) is 0 Å². The van der Waals surface area contributed by atoms with Crippen LogP contribution in [0.4, 0.5) is 0 Å². The van der Waals surface area contributed by atoms with Gasteiger partial charge in [0, 0.05) is 24.5 Å². The van der Waals surface area contributed by atoms with E-state index in [1.807, 2.05) is 6.08 Å². The summed E-state index contributed by atoms with van der Waals surface area (Å²) in [5, 5.41) is 20.2. The van der Waals surface area contributed by atoms with E-state index in [0.717, 1.165) is 37.8 Å². The molecule has 0 bridgehead atoms. The molecule has 142 valence electrons. The van der Waals surface area contributed by atoms with Crippen LogP contribution in [0.1, 0.15) is 78.1 Å². The zero-order valence-corrected chi connectivity index (χ0v) is 16.1. The van der Waals surface area contributed by atoms with E-state index in [1.54, 1.807) is 0 Å². The molecule has 2 aliphatic carbocycles. The van der Waals surface area contributed by atoms with E-state index < -0.39 is 0 Å². The Hall–Kier alpha value is -1.38. The van der Waals surface area contributed by atoms with E-state index in [9.17, 15) is 10.2 Å². The van der Waals surface area contributed by atoms with Crippen molar-refractivity contribution in [2.24, 2.45) is 29.4 Å². The lowest BCUT2D eigenvalue weighted by Gasteiger charge is -2.32. The van der Waals surface area contributed by atoms with Gasteiger partial charge < -0.3 is 15.9 Å². The largest absolute Gasteiger partial charge is 0.513 e. The number of aliphatic hydroxyl groups excluding tert-OH is 2. The normalized spacial score (nSPS) is 29.5. The fraction of sp³-hybridized carbons (Fsp3) is 0.727. The van der Waals surface area contributed by atoms with E-state index in [1.165, 1.54) is 31.3 Å². The molecule has 3 heteroatoms. The lowest BCUT2D eigenvalue weighted by atomic mass is 9.73. The molecule has 1 saturated carbocycles. The summed E-state index contributed by atoms with van der Waals surface area (Å²) in [6.45, 7) is 8.62. The lowest BCUT2D eigenvalue weighted by Crippen LogP contribution is -2.24. The second-order valence-corrected chi connectivity index (χ2v) is 8.41. The van der Waals surface area contributed by atoms with Crippen LogP contribution < -0.4 is 5.73 Å². The first kappa shape index (κ1) is 19.9. The van der Waals surface area contributed by atoms with Crippen molar-refractivity contribution in [1.82, 2.24) is 0 Å². The van der Waals surface area contributed by atoms with Crippen LogP contribution >= 0.6 is 0 Å². The Morgan fingerprint density at radius 1 is 1.16 bits per heavy atom. The molecule has 2 aliphatic rings. The highest BCUT2D eigenvalue weighted by atomic mass is 16.3. The smallest absolute Gasteiger partial charge is 0.111 e. The van der Waals surface area contributed by atoms with Gasteiger partial charge in [-0.05, 0) is 49.5 Å². The number of nitrogens with two attached hydrogens (primary N) is 1. The summed E-state index contributed by atoms with van der Waals surface area (Å²) >= 11 is 0. The molecule has 1 fully saturated rings. The Morgan fingerprint density at radius 2 is 1.80 bits per heavy atom. The van der Waals surface area contributed by atoms with Gasteiger partial charge in [0.2, 0.25) is 0 Å². The summed E-state index contributed by atoms with van der Waals surface area (Å²) in [5.41, 5.74) is 8.16. The molecule has 0 saturated heterocycles. The summed E-state index contributed by atoms with van der Waals surface area (Å²) in [6.07, 6.45) is 12.4. The summed E-state index contributed by atoms with van der Waals surface area (Å²) < 4.78 is 0. The van der Waals surface area contributed by atoms with Crippen molar-refractivity contribution in [2.75, 3.05) is 0 Å². The van der Waals surface area contributed by atoms with Crippen LogP contribution in [0.2, 0.25) is 0 Å². The lowest BCUT2D eigenvalue weighted by molar-refractivity contribution is 0.221. The van der Waals surface area contributed by atoms with Gasteiger partial charge in [0.1, 0.15) is 5.76 Å². The average molecular weight is 348 g/mol. The second-order valence-electron chi connectivity index (χ2n) is 8.41. The van der Waals surface area contributed by atoms with Crippen molar-refractivity contribution in [1.29, 1.82) is 0 Å². The summed E-state index contributed by atoms with van der Waals surface area (Å²) in [6, 6.07) is 0. The highest BCUT2D eigenvalue weighted by molar-refractivity contribution is 5.12. The highest BCUT2D eigenvalue weighted by Gasteiger charge is 2.28. The average Bonchev–Trinajstić information content (AvgIpc) is 2.84. The Bertz CT molecular complexity index is 512. The number of hydrogen-bond acceptors (Lipinski definition) is 3. The first-order valence-corrected chi connectivity index (χ1v) is 10.1. The molecule has 0 aromatic carbocycles. The summed E-state index contributed by atoms with van der Waals surface area (Å²) in [4.78, 5) is 0. The summed E-state index contributed by atoms with van der Waals surface area (Å²) in [5.74, 6) is 2.64. The Balaban J connectivity index is 1.85. The number of allylic oxidation sites excluding steroid dienone is 5. The fourth-order valence-electron chi connectivity index (χ4n) is 4.58. The topological polar surface area (TPSA) is 66.5 Å². The molecule has 0 aromatic rings. The maximum absolute atomic E-state index is 10.4. The van der Waals surface area contributed by atoms with Crippen molar-refractivity contribution in [3.8, 4) is 0 Å². The van der Waals surface area contributed by atoms with Gasteiger partial charge in [-0.25, -0.2) is 0 Å². The Morgan fingerprint density at radius 3 is 2.40 bits per heavy atom. The Kier molecular flexibility index (Phi) is 7.46. The zero-order valence-electron chi connectivity index (χ0n) is 16.1. The molecule has 4 N–H and O–H groups in total. The van der Waals surface area contributed by atoms with E-state index in [2.05, 4.69) is 20.4 Å². The molecule has 0 aliphatic heterocycles. The van der Waals surface area contributed by atoms with Crippen molar-refractivity contribution in [2.45, 2.75) is 78.1 Å². The van der Waals surface area contributed by atoms with Gasteiger partial charge in [0.15, 0.2) is 0 Å². The minimum Gasteiger partial charge on any atom is -0.513 e. The van der Waals surface area contributed by atoms with Gasteiger partial charge in [-0.2, -0.15) is 0 Å². The molecule has 0 aromatic heterocycles. The third-order valence-corrected chi connectivity index (χ3v) is 6.26. The Labute approximate surface area is 153 Å². The third-order valence-electron chi connectivity index (χ3n) is 6.26. The van der Waals surface area contributed by atoms with E-state index in [-0.39, 0.29) is 0 Å². The van der Waals surface area contributed by atoms with Crippen molar-refractivity contribution in [3.05, 3.63) is 35.4 Å². The molecular weight excluding hydrogens is 310 g/mol. The van der Waals surface area contributed by atoms with E-state index >= 15 is 0 Å². The van der Waals surface area contributed by atoms with Crippen molar-refractivity contribution < 1.29 is 10.2 Å². The molecule has 0 amide bonds. The van der Waals surface area contributed by atoms with Crippen LogP contribution in [-0.2, 0) is 0 Å². The van der Waals surface area contributed by atoms with Crippen molar-refractivity contribution >= 4 is 0 Å². The molecule has 3 atom stereocenters. The van der Waals surface area contributed by atoms with Crippen LogP contribution in [0.25, 0.3) is 0 Å². The standard InChI is InChI=1S/C22H37NO2/c1-15(12-20-16(2)13-19(24)14-17(20)3)10-11-21(25)22(23)18-8-6-4-5-7-9-18/h13,16-18,20,24-25H,1,4-12,14,23H2,2-3H3/b22-21+. The molecule has 0 spiro atoms. The fourth-order valence-corrected chi connectivity index (χ4v) is 4.58.